The molecular formula is C29H34N8O2. The zero-order valence-electron chi connectivity index (χ0n) is 22.2. The quantitative estimate of drug-likeness (QED) is 0.406. The molecule has 10 heteroatoms. The highest BCUT2D eigenvalue weighted by atomic mass is 16.2. The zero-order valence-corrected chi connectivity index (χ0v) is 22.2. The third-order valence-electron chi connectivity index (χ3n) is 8.25. The van der Waals surface area contributed by atoms with Gasteiger partial charge in [0.2, 0.25) is 5.91 Å². The largest absolute Gasteiger partial charge is 0.382 e. The molecule has 1 saturated heterocycles. The number of anilines is 1. The van der Waals surface area contributed by atoms with Gasteiger partial charge in [-0.3, -0.25) is 14.3 Å². The topological polar surface area (TPSA) is 123 Å². The van der Waals surface area contributed by atoms with Gasteiger partial charge in [-0.2, -0.15) is 10.2 Å². The minimum absolute atomic E-state index is 0.0298. The molecule has 0 atom stereocenters. The van der Waals surface area contributed by atoms with Gasteiger partial charge in [-0.1, -0.05) is 31.4 Å². The van der Waals surface area contributed by atoms with E-state index in [1.165, 1.54) is 25.6 Å². The number of hydrogen-bond acceptors (Lipinski definition) is 6. The Morgan fingerprint density at radius 3 is 2.54 bits per heavy atom. The molecule has 39 heavy (non-hydrogen) atoms. The van der Waals surface area contributed by atoms with Crippen LogP contribution in [0.15, 0.2) is 48.9 Å². The molecule has 4 heterocycles. The minimum atomic E-state index is -0.0388. The van der Waals surface area contributed by atoms with Crippen LogP contribution in [0.3, 0.4) is 0 Å². The van der Waals surface area contributed by atoms with Gasteiger partial charge in [0.25, 0.3) is 5.91 Å². The molecule has 1 saturated carbocycles. The molecule has 1 aliphatic heterocycles. The summed E-state index contributed by atoms with van der Waals surface area (Å²) in [4.78, 5) is 31.5. The highest BCUT2D eigenvalue weighted by Gasteiger charge is 2.28. The lowest BCUT2D eigenvalue weighted by Gasteiger charge is -2.31. The van der Waals surface area contributed by atoms with Crippen molar-refractivity contribution in [1.82, 2.24) is 34.6 Å². The first-order valence-corrected chi connectivity index (χ1v) is 13.8. The van der Waals surface area contributed by atoms with Gasteiger partial charge in [-0.25, -0.2) is 9.50 Å². The van der Waals surface area contributed by atoms with Gasteiger partial charge in [0, 0.05) is 48.9 Å². The second kappa shape index (κ2) is 10.5. The normalized spacial score (nSPS) is 17.0. The van der Waals surface area contributed by atoms with Crippen molar-refractivity contribution in [3.8, 4) is 22.5 Å². The average molecular weight is 527 g/mol. The average Bonchev–Trinajstić information content (AvgIpc) is 3.63. The van der Waals surface area contributed by atoms with Crippen LogP contribution in [0.5, 0.6) is 0 Å². The predicted molar refractivity (Wildman–Crippen MR) is 149 cm³/mol. The van der Waals surface area contributed by atoms with Crippen molar-refractivity contribution in [2.45, 2.75) is 51.0 Å². The molecule has 6 rings (SSSR count). The number of nitrogens with one attached hydrogen (secondary N) is 1. The fraction of sp³-hybridized carbons (Fsp3) is 0.414. The molecule has 3 N–H and O–H groups in total. The summed E-state index contributed by atoms with van der Waals surface area (Å²) in [5, 5.41) is 12.0. The first kappa shape index (κ1) is 25.1. The third-order valence-corrected chi connectivity index (χ3v) is 8.25. The SMILES string of the molecule is CNC(=O)C1CCN(C(=O)c2cccc(-c3cc(-c4ccnn4C4CCCCC4)c4c(N)ncnn34)c2)CC1. The molecule has 10 nitrogen and oxygen atoms in total. The third kappa shape index (κ3) is 4.64. The van der Waals surface area contributed by atoms with E-state index in [1.807, 2.05) is 45.9 Å². The van der Waals surface area contributed by atoms with Crippen LogP contribution in [0, 0.1) is 5.92 Å². The molecule has 1 aliphatic carbocycles. The number of carbonyl (C=O) groups is 2. The van der Waals surface area contributed by atoms with Crippen molar-refractivity contribution in [2.75, 3.05) is 25.9 Å². The van der Waals surface area contributed by atoms with Crippen molar-refractivity contribution in [3.63, 3.8) is 0 Å². The van der Waals surface area contributed by atoms with Gasteiger partial charge in [0.05, 0.1) is 17.4 Å². The summed E-state index contributed by atoms with van der Waals surface area (Å²) < 4.78 is 3.95. The van der Waals surface area contributed by atoms with Gasteiger partial charge < -0.3 is 16.0 Å². The molecule has 2 amide bonds. The first-order chi connectivity index (χ1) is 19.0. The number of nitrogens with zero attached hydrogens (tertiary/aromatic N) is 6. The maximum atomic E-state index is 13.4. The Balaban J connectivity index is 1.35. The number of likely N-dealkylation sites (tertiary alicyclic amines) is 1. The summed E-state index contributed by atoms with van der Waals surface area (Å²) in [6, 6.07) is 12.1. The number of benzene rings is 1. The van der Waals surface area contributed by atoms with E-state index >= 15 is 0 Å². The summed E-state index contributed by atoms with van der Waals surface area (Å²) in [6.07, 6.45) is 10.6. The highest BCUT2D eigenvalue weighted by molar-refractivity contribution is 5.96. The second-order valence-electron chi connectivity index (χ2n) is 10.6. The summed E-state index contributed by atoms with van der Waals surface area (Å²) in [7, 11) is 1.66. The van der Waals surface area contributed by atoms with Crippen molar-refractivity contribution in [1.29, 1.82) is 0 Å². The summed E-state index contributed by atoms with van der Waals surface area (Å²) in [5.74, 6) is 0.376. The van der Waals surface area contributed by atoms with E-state index in [1.54, 1.807) is 7.05 Å². The minimum Gasteiger partial charge on any atom is -0.382 e. The number of rotatable bonds is 5. The van der Waals surface area contributed by atoms with Crippen LogP contribution in [0.1, 0.15) is 61.3 Å². The summed E-state index contributed by atoms with van der Waals surface area (Å²) >= 11 is 0. The number of amides is 2. The van der Waals surface area contributed by atoms with E-state index in [4.69, 9.17) is 10.8 Å². The maximum Gasteiger partial charge on any atom is 0.253 e. The molecule has 4 aromatic rings. The molecular weight excluding hydrogens is 492 g/mol. The van der Waals surface area contributed by atoms with Gasteiger partial charge in [-0.15, -0.1) is 0 Å². The van der Waals surface area contributed by atoms with E-state index in [0.29, 0.717) is 43.4 Å². The Hall–Kier alpha value is -4.21. The van der Waals surface area contributed by atoms with Gasteiger partial charge in [0.15, 0.2) is 5.82 Å². The van der Waals surface area contributed by atoms with Crippen LogP contribution in [0.2, 0.25) is 0 Å². The molecule has 3 aromatic heterocycles. The van der Waals surface area contributed by atoms with Crippen LogP contribution in [0.25, 0.3) is 28.0 Å². The van der Waals surface area contributed by atoms with Gasteiger partial charge in [-0.05, 0) is 49.9 Å². The first-order valence-electron chi connectivity index (χ1n) is 13.8. The zero-order chi connectivity index (χ0) is 26.9. The smallest absolute Gasteiger partial charge is 0.253 e. The fourth-order valence-electron chi connectivity index (χ4n) is 6.16. The maximum absolute atomic E-state index is 13.4. The lowest BCUT2D eigenvalue weighted by atomic mass is 9.95. The highest BCUT2D eigenvalue weighted by Crippen LogP contribution is 2.38. The Labute approximate surface area is 227 Å². The Morgan fingerprint density at radius 1 is 0.974 bits per heavy atom. The second-order valence-corrected chi connectivity index (χ2v) is 10.6. The Morgan fingerprint density at radius 2 is 1.77 bits per heavy atom. The van der Waals surface area contributed by atoms with E-state index in [0.717, 1.165) is 40.9 Å². The molecule has 202 valence electrons. The van der Waals surface area contributed by atoms with E-state index in [9.17, 15) is 9.59 Å². The molecule has 0 radical (unpaired) electrons. The van der Waals surface area contributed by atoms with E-state index in [2.05, 4.69) is 26.1 Å². The van der Waals surface area contributed by atoms with E-state index in [-0.39, 0.29) is 17.7 Å². The predicted octanol–water partition coefficient (Wildman–Crippen LogP) is 3.95. The number of aromatic nitrogens is 5. The lowest BCUT2D eigenvalue weighted by molar-refractivity contribution is -0.125. The van der Waals surface area contributed by atoms with Crippen molar-refractivity contribution >= 4 is 23.1 Å². The molecule has 1 aromatic carbocycles. The number of fused-ring (bicyclic) bond motifs is 1. The van der Waals surface area contributed by atoms with Crippen LogP contribution in [-0.4, -0.2) is 61.2 Å². The molecule has 2 fully saturated rings. The summed E-state index contributed by atoms with van der Waals surface area (Å²) in [5.41, 5.74) is 11.4. The molecule has 0 unspecified atom stereocenters. The van der Waals surface area contributed by atoms with Crippen molar-refractivity contribution in [3.05, 3.63) is 54.5 Å². The van der Waals surface area contributed by atoms with Gasteiger partial charge in [0.1, 0.15) is 11.8 Å². The van der Waals surface area contributed by atoms with Crippen LogP contribution in [0.4, 0.5) is 5.82 Å². The van der Waals surface area contributed by atoms with Gasteiger partial charge >= 0.3 is 0 Å². The van der Waals surface area contributed by atoms with Crippen LogP contribution in [-0.2, 0) is 4.79 Å². The monoisotopic (exact) mass is 526 g/mol. The Bertz CT molecular complexity index is 1510. The van der Waals surface area contributed by atoms with Crippen molar-refractivity contribution < 1.29 is 9.59 Å². The number of carbonyl (C=O) groups excluding carboxylic acids is 2. The van der Waals surface area contributed by atoms with Crippen LogP contribution < -0.4 is 11.1 Å². The number of nitrogens with two attached hydrogens (primary N) is 1. The number of hydrogen-bond donors (Lipinski definition) is 2. The fourth-order valence-corrected chi connectivity index (χ4v) is 6.16. The van der Waals surface area contributed by atoms with E-state index < -0.39 is 0 Å². The number of nitrogen functional groups attached to an aromatic ring is 1. The number of piperidine rings is 1. The lowest BCUT2D eigenvalue weighted by Crippen LogP contribution is -2.42. The van der Waals surface area contributed by atoms with Crippen molar-refractivity contribution in [2.24, 2.45) is 5.92 Å². The molecule has 0 bridgehead atoms. The molecule has 0 spiro atoms. The molecule has 2 aliphatic rings. The van der Waals surface area contributed by atoms with Crippen LogP contribution >= 0.6 is 0 Å². The Kier molecular flexibility index (Phi) is 6.76. The standard InChI is InChI=1S/C29H34N8O2/c1-31-28(38)19-11-14-35(15-12-19)29(39)21-7-5-6-20(16-21)25-17-23(26-27(30)32-18-34-37(25)26)24-10-13-33-36(24)22-8-3-2-4-9-22/h5-7,10,13,16-19,22H,2-4,8-9,11-12,14-15H2,1H3,(H,31,38)(H2,30,32,34). The summed E-state index contributed by atoms with van der Waals surface area (Å²) in [6.45, 7) is 1.13.